The molecule has 0 aliphatic heterocycles. The van der Waals surface area contributed by atoms with Gasteiger partial charge in [-0.05, 0) is 37.7 Å². The Labute approximate surface area is 167 Å². The molecule has 4 N–H and O–H groups in total. The van der Waals surface area contributed by atoms with Gasteiger partial charge in [-0.3, -0.25) is 10.1 Å². The van der Waals surface area contributed by atoms with Gasteiger partial charge in [-0.2, -0.15) is 4.98 Å². The summed E-state index contributed by atoms with van der Waals surface area (Å²) < 4.78 is 18.6. The molecule has 3 rings (SSSR count). The Morgan fingerprint density at radius 1 is 1.28 bits per heavy atom. The predicted molar refractivity (Wildman–Crippen MR) is 105 cm³/mol. The van der Waals surface area contributed by atoms with Crippen molar-refractivity contribution in [1.29, 1.82) is 0 Å². The Hall–Kier alpha value is -3.08. The second-order valence-corrected chi connectivity index (χ2v) is 7.02. The first kappa shape index (κ1) is 20.6. The van der Waals surface area contributed by atoms with E-state index in [1.54, 1.807) is 0 Å². The third-order valence-electron chi connectivity index (χ3n) is 4.94. The fourth-order valence-electron chi connectivity index (χ4n) is 3.31. The van der Waals surface area contributed by atoms with Gasteiger partial charge in [0.1, 0.15) is 12.0 Å². The molecule has 1 aliphatic rings. The SMILES string of the molecule is COc1ncc(F)cc1CNc1ncc([N+](=O)[O-])c(NC[C@H]2CC[C@H](N)CC2)n1. The van der Waals surface area contributed by atoms with Gasteiger partial charge in [0, 0.05) is 24.7 Å². The van der Waals surface area contributed by atoms with Crippen LogP contribution in [0, 0.1) is 21.8 Å². The summed E-state index contributed by atoms with van der Waals surface area (Å²) in [7, 11) is 1.44. The van der Waals surface area contributed by atoms with Crippen LogP contribution in [0.1, 0.15) is 31.2 Å². The summed E-state index contributed by atoms with van der Waals surface area (Å²) in [5, 5.41) is 17.3. The quantitative estimate of drug-likeness (QED) is 0.446. The van der Waals surface area contributed by atoms with E-state index in [9.17, 15) is 14.5 Å². The maximum Gasteiger partial charge on any atom is 0.329 e. The molecular weight excluding hydrogens is 381 g/mol. The average Bonchev–Trinajstić information content (AvgIpc) is 2.72. The minimum Gasteiger partial charge on any atom is -0.481 e. The average molecular weight is 405 g/mol. The number of nitro groups is 1. The van der Waals surface area contributed by atoms with Crippen molar-refractivity contribution in [3.05, 3.63) is 40.0 Å². The first-order chi connectivity index (χ1) is 14.0. The van der Waals surface area contributed by atoms with E-state index < -0.39 is 10.7 Å². The molecule has 0 aromatic carbocycles. The molecule has 1 aliphatic carbocycles. The molecule has 0 saturated heterocycles. The molecule has 0 bridgehead atoms. The van der Waals surface area contributed by atoms with Crippen LogP contribution >= 0.6 is 0 Å². The number of nitrogens with two attached hydrogens (primary N) is 1. The summed E-state index contributed by atoms with van der Waals surface area (Å²) in [6, 6.07) is 1.53. The first-order valence-electron chi connectivity index (χ1n) is 9.39. The fraction of sp³-hybridized carbons (Fsp3) is 0.500. The number of halogens is 1. The Morgan fingerprint density at radius 2 is 2.03 bits per heavy atom. The summed E-state index contributed by atoms with van der Waals surface area (Å²) in [4.78, 5) is 22.9. The number of anilines is 2. The highest BCUT2D eigenvalue weighted by molar-refractivity contribution is 5.57. The highest BCUT2D eigenvalue weighted by atomic mass is 19.1. The molecule has 10 nitrogen and oxygen atoms in total. The monoisotopic (exact) mass is 405 g/mol. The second kappa shape index (κ2) is 9.41. The van der Waals surface area contributed by atoms with Gasteiger partial charge in [0.2, 0.25) is 17.6 Å². The topological polar surface area (TPSA) is 141 Å². The van der Waals surface area contributed by atoms with Crippen LogP contribution in [0.5, 0.6) is 5.88 Å². The summed E-state index contributed by atoms with van der Waals surface area (Å²) in [5.74, 6) is 0.488. The van der Waals surface area contributed by atoms with Gasteiger partial charge in [-0.15, -0.1) is 0 Å². The molecule has 2 aromatic heterocycles. The van der Waals surface area contributed by atoms with Crippen LogP contribution in [0.2, 0.25) is 0 Å². The van der Waals surface area contributed by atoms with Crippen molar-refractivity contribution in [3.8, 4) is 5.88 Å². The smallest absolute Gasteiger partial charge is 0.329 e. The van der Waals surface area contributed by atoms with E-state index in [0.717, 1.165) is 38.1 Å². The largest absolute Gasteiger partial charge is 0.481 e. The van der Waals surface area contributed by atoms with Gasteiger partial charge in [-0.1, -0.05) is 0 Å². The van der Waals surface area contributed by atoms with E-state index in [0.29, 0.717) is 18.0 Å². The third-order valence-corrected chi connectivity index (χ3v) is 4.94. The summed E-state index contributed by atoms with van der Waals surface area (Å²) in [5.41, 5.74) is 6.20. The Kier molecular flexibility index (Phi) is 6.70. The first-order valence-corrected chi connectivity index (χ1v) is 9.39. The minimum absolute atomic E-state index is 0.145. The lowest BCUT2D eigenvalue weighted by atomic mass is 9.86. The molecule has 11 heteroatoms. The van der Waals surface area contributed by atoms with E-state index in [-0.39, 0.29) is 35.9 Å². The Balaban J connectivity index is 1.69. The van der Waals surface area contributed by atoms with Gasteiger partial charge in [0.15, 0.2) is 0 Å². The van der Waals surface area contributed by atoms with E-state index in [1.165, 1.54) is 13.2 Å². The highest BCUT2D eigenvalue weighted by Crippen LogP contribution is 2.27. The van der Waals surface area contributed by atoms with Gasteiger partial charge >= 0.3 is 5.69 Å². The van der Waals surface area contributed by atoms with E-state index >= 15 is 0 Å². The molecule has 0 atom stereocenters. The van der Waals surface area contributed by atoms with Crippen molar-refractivity contribution in [1.82, 2.24) is 15.0 Å². The van der Waals surface area contributed by atoms with Crippen LogP contribution in [0.3, 0.4) is 0 Å². The number of methoxy groups -OCH3 is 1. The highest BCUT2D eigenvalue weighted by Gasteiger charge is 2.22. The molecule has 0 spiro atoms. The minimum atomic E-state index is -0.525. The molecule has 0 radical (unpaired) electrons. The van der Waals surface area contributed by atoms with Crippen LogP contribution in [0.15, 0.2) is 18.5 Å². The molecular formula is C18H24FN7O3. The summed E-state index contributed by atoms with van der Waals surface area (Å²) in [6.07, 6.45) is 6.07. The fourth-order valence-corrected chi connectivity index (χ4v) is 3.31. The van der Waals surface area contributed by atoms with Crippen molar-refractivity contribution < 1.29 is 14.1 Å². The molecule has 2 aromatic rings. The number of nitrogens with one attached hydrogen (secondary N) is 2. The van der Waals surface area contributed by atoms with E-state index in [2.05, 4.69) is 25.6 Å². The van der Waals surface area contributed by atoms with Crippen molar-refractivity contribution in [2.24, 2.45) is 11.7 Å². The molecule has 1 saturated carbocycles. The Bertz CT molecular complexity index is 859. The number of nitrogens with zero attached hydrogens (tertiary/aromatic N) is 4. The maximum absolute atomic E-state index is 13.4. The lowest BCUT2D eigenvalue weighted by molar-refractivity contribution is -0.384. The predicted octanol–water partition coefficient (Wildman–Crippen LogP) is 2.47. The van der Waals surface area contributed by atoms with Crippen LogP contribution < -0.4 is 21.1 Å². The number of aromatic nitrogens is 3. The van der Waals surface area contributed by atoms with Crippen molar-refractivity contribution in [2.45, 2.75) is 38.3 Å². The van der Waals surface area contributed by atoms with Crippen molar-refractivity contribution in [3.63, 3.8) is 0 Å². The van der Waals surface area contributed by atoms with Crippen molar-refractivity contribution in [2.75, 3.05) is 24.3 Å². The lowest BCUT2D eigenvalue weighted by Crippen LogP contribution is -2.29. The van der Waals surface area contributed by atoms with Gasteiger partial charge < -0.3 is 21.1 Å². The zero-order chi connectivity index (χ0) is 20.8. The number of hydrogen-bond acceptors (Lipinski definition) is 9. The second-order valence-electron chi connectivity index (χ2n) is 7.02. The maximum atomic E-state index is 13.4. The van der Waals surface area contributed by atoms with Gasteiger partial charge in [0.25, 0.3) is 0 Å². The van der Waals surface area contributed by atoms with Gasteiger partial charge in [-0.25, -0.2) is 14.4 Å². The summed E-state index contributed by atoms with van der Waals surface area (Å²) >= 11 is 0. The third kappa shape index (κ3) is 5.47. The van der Waals surface area contributed by atoms with Crippen LogP contribution in [-0.4, -0.2) is 39.6 Å². The standard InChI is InChI=1S/C18H24FN7O3/c1-29-17-12(6-13(19)9-22-17)8-23-18-24-10-15(26(27)28)16(25-18)21-7-11-2-4-14(20)5-3-11/h6,9-11,14H,2-5,7-8,20H2,1H3,(H2,21,23,24,25)/t11-,14-. The zero-order valence-electron chi connectivity index (χ0n) is 16.1. The number of rotatable bonds is 8. The van der Waals surface area contributed by atoms with E-state index in [1.807, 2.05) is 0 Å². The number of hydrogen-bond donors (Lipinski definition) is 3. The number of pyridine rings is 1. The molecule has 0 amide bonds. The van der Waals surface area contributed by atoms with Crippen LogP contribution in [0.4, 0.5) is 21.8 Å². The normalized spacial score (nSPS) is 18.9. The van der Waals surface area contributed by atoms with Crippen LogP contribution in [-0.2, 0) is 6.54 Å². The molecule has 29 heavy (non-hydrogen) atoms. The van der Waals surface area contributed by atoms with Crippen molar-refractivity contribution >= 4 is 17.5 Å². The van der Waals surface area contributed by atoms with Crippen LogP contribution in [0.25, 0.3) is 0 Å². The molecule has 0 unspecified atom stereocenters. The lowest BCUT2D eigenvalue weighted by Gasteiger charge is -2.26. The molecule has 156 valence electrons. The summed E-state index contributed by atoms with van der Waals surface area (Å²) in [6.45, 7) is 0.720. The number of ether oxygens (including phenoxy) is 1. The van der Waals surface area contributed by atoms with Gasteiger partial charge in [0.05, 0.1) is 18.2 Å². The Morgan fingerprint density at radius 3 is 2.72 bits per heavy atom. The van der Waals surface area contributed by atoms with E-state index in [4.69, 9.17) is 10.5 Å². The zero-order valence-corrected chi connectivity index (χ0v) is 16.1. The molecule has 1 fully saturated rings. The molecule has 2 heterocycles.